The van der Waals surface area contributed by atoms with E-state index in [2.05, 4.69) is 20.4 Å². The van der Waals surface area contributed by atoms with Crippen LogP contribution in [0.1, 0.15) is 30.6 Å². The summed E-state index contributed by atoms with van der Waals surface area (Å²) in [5.74, 6) is 0.803. The molecular weight excluding hydrogens is 264 g/mol. The molecule has 0 aromatic heterocycles. The van der Waals surface area contributed by atoms with Gasteiger partial charge in [0.1, 0.15) is 12.4 Å². The molecule has 2 rings (SSSR count). The minimum Gasteiger partial charge on any atom is -0.490 e. The lowest BCUT2D eigenvalue weighted by atomic mass is 9.79. The summed E-state index contributed by atoms with van der Waals surface area (Å²) < 4.78 is 5.42. The van der Waals surface area contributed by atoms with Gasteiger partial charge >= 0.3 is 0 Å². The first-order valence-corrected chi connectivity index (χ1v) is 7.32. The molecule has 0 aliphatic carbocycles. The van der Waals surface area contributed by atoms with Gasteiger partial charge in [0.25, 0.3) is 5.91 Å². The zero-order chi connectivity index (χ0) is 15.5. The first kappa shape index (κ1) is 15.6. The molecular formula is C17H24N2O2. The van der Waals surface area contributed by atoms with Crippen molar-refractivity contribution < 1.29 is 9.53 Å². The Morgan fingerprint density at radius 2 is 2.14 bits per heavy atom. The predicted molar refractivity (Wildman–Crippen MR) is 84.4 cm³/mol. The lowest BCUT2D eigenvalue weighted by molar-refractivity contribution is 0.0533. The Kier molecular flexibility index (Phi) is 4.68. The van der Waals surface area contributed by atoms with Crippen LogP contribution in [0, 0.1) is 5.41 Å². The number of benzene rings is 1. The zero-order valence-electron chi connectivity index (χ0n) is 12.8. The average Bonchev–Trinajstić information content (AvgIpc) is 2.47. The molecule has 1 heterocycles. The van der Waals surface area contributed by atoms with E-state index in [1.54, 1.807) is 6.08 Å². The highest BCUT2D eigenvalue weighted by atomic mass is 16.5. The van der Waals surface area contributed by atoms with Crippen molar-refractivity contribution in [3.8, 4) is 5.75 Å². The van der Waals surface area contributed by atoms with E-state index in [0.29, 0.717) is 18.7 Å². The smallest absolute Gasteiger partial charge is 0.253 e. The number of amides is 1. The molecule has 21 heavy (non-hydrogen) atoms. The molecule has 1 unspecified atom stereocenters. The minimum absolute atomic E-state index is 0.0408. The van der Waals surface area contributed by atoms with E-state index < -0.39 is 0 Å². The Bertz CT molecular complexity index is 508. The van der Waals surface area contributed by atoms with E-state index in [4.69, 9.17) is 10.5 Å². The maximum absolute atomic E-state index is 12.5. The van der Waals surface area contributed by atoms with Gasteiger partial charge in [-0.3, -0.25) is 4.79 Å². The molecule has 1 fully saturated rings. The molecule has 4 nitrogen and oxygen atoms in total. The number of ether oxygens (including phenoxy) is 1. The Labute approximate surface area is 126 Å². The number of carbonyl (C=O) groups is 1. The van der Waals surface area contributed by atoms with E-state index in [9.17, 15) is 4.79 Å². The van der Waals surface area contributed by atoms with Gasteiger partial charge < -0.3 is 15.4 Å². The summed E-state index contributed by atoms with van der Waals surface area (Å²) in [6.07, 6.45) is 2.54. The third-order valence-corrected chi connectivity index (χ3v) is 4.07. The largest absolute Gasteiger partial charge is 0.490 e. The fourth-order valence-electron chi connectivity index (χ4n) is 2.58. The Hall–Kier alpha value is -1.81. The molecule has 1 aliphatic heterocycles. The number of nitrogens with zero attached hydrogens (tertiary/aromatic N) is 1. The van der Waals surface area contributed by atoms with Gasteiger partial charge in [-0.1, -0.05) is 26.5 Å². The van der Waals surface area contributed by atoms with Gasteiger partial charge in [0.05, 0.1) is 0 Å². The van der Waals surface area contributed by atoms with E-state index in [1.165, 1.54) is 0 Å². The molecule has 0 bridgehead atoms. The molecule has 2 N–H and O–H groups in total. The second kappa shape index (κ2) is 6.31. The highest BCUT2D eigenvalue weighted by Gasteiger charge is 2.35. The van der Waals surface area contributed by atoms with Gasteiger partial charge in [-0.2, -0.15) is 0 Å². The second-order valence-corrected chi connectivity index (χ2v) is 6.23. The molecule has 114 valence electrons. The van der Waals surface area contributed by atoms with Crippen LogP contribution in [-0.2, 0) is 0 Å². The van der Waals surface area contributed by atoms with E-state index in [-0.39, 0.29) is 17.4 Å². The van der Waals surface area contributed by atoms with Crippen LogP contribution >= 0.6 is 0 Å². The van der Waals surface area contributed by atoms with Crippen LogP contribution in [0.25, 0.3) is 0 Å². The van der Waals surface area contributed by atoms with Gasteiger partial charge in [-0.25, -0.2) is 0 Å². The van der Waals surface area contributed by atoms with Crippen LogP contribution in [0.2, 0.25) is 0 Å². The lowest BCUT2D eigenvalue weighted by Gasteiger charge is -2.42. The van der Waals surface area contributed by atoms with Crippen LogP contribution in [0.15, 0.2) is 36.9 Å². The van der Waals surface area contributed by atoms with Crippen molar-refractivity contribution in [1.82, 2.24) is 4.90 Å². The van der Waals surface area contributed by atoms with Crippen molar-refractivity contribution in [2.45, 2.75) is 26.3 Å². The van der Waals surface area contributed by atoms with Crippen LogP contribution in [0.5, 0.6) is 5.75 Å². The lowest BCUT2D eigenvalue weighted by Crippen LogP contribution is -2.53. The van der Waals surface area contributed by atoms with E-state index in [1.807, 2.05) is 29.2 Å². The monoisotopic (exact) mass is 288 g/mol. The number of likely N-dealkylation sites (tertiary alicyclic amines) is 1. The van der Waals surface area contributed by atoms with Crippen LogP contribution in [0.4, 0.5) is 0 Å². The summed E-state index contributed by atoms with van der Waals surface area (Å²) in [4.78, 5) is 14.4. The SMILES string of the molecule is C=CCOc1ccc(C(=O)N2CCC(N)C(C)(C)C2)cc1. The molecule has 0 spiro atoms. The van der Waals surface area contributed by atoms with Crippen LogP contribution in [-0.4, -0.2) is 36.5 Å². The highest BCUT2D eigenvalue weighted by Crippen LogP contribution is 2.28. The second-order valence-electron chi connectivity index (χ2n) is 6.23. The summed E-state index contributed by atoms with van der Waals surface area (Å²) in [5, 5.41) is 0. The van der Waals surface area contributed by atoms with Crippen molar-refractivity contribution in [1.29, 1.82) is 0 Å². The fourth-order valence-corrected chi connectivity index (χ4v) is 2.58. The molecule has 0 saturated carbocycles. The molecule has 1 atom stereocenters. The van der Waals surface area contributed by atoms with Gasteiger partial charge in [-0.05, 0) is 36.1 Å². The number of hydrogen-bond acceptors (Lipinski definition) is 3. The number of hydrogen-bond donors (Lipinski definition) is 1. The van der Waals surface area contributed by atoms with Gasteiger partial charge in [0, 0.05) is 24.7 Å². The molecule has 4 heteroatoms. The van der Waals surface area contributed by atoms with Crippen molar-refractivity contribution in [2.75, 3.05) is 19.7 Å². The minimum atomic E-state index is -0.0408. The normalized spacial score (nSPS) is 20.9. The van der Waals surface area contributed by atoms with Gasteiger partial charge in [0.15, 0.2) is 0 Å². The maximum atomic E-state index is 12.5. The van der Waals surface area contributed by atoms with Gasteiger partial charge in [0.2, 0.25) is 0 Å². The number of nitrogens with two attached hydrogens (primary N) is 1. The molecule has 1 amide bonds. The summed E-state index contributed by atoms with van der Waals surface area (Å²) >= 11 is 0. The number of carbonyl (C=O) groups excluding carboxylic acids is 1. The first-order chi connectivity index (χ1) is 9.94. The Morgan fingerprint density at radius 3 is 2.71 bits per heavy atom. The van der Waals surface area contributed by atoms with Crippen molar-refractivity contribution in [2.24, 2.45) is 11.1 Å². The Balaban J connectivity index is 2.04. The summed E-state index contributed by atoms with van der Waals surface area (Å²) in [6.45, 7) is 9.72. The number of rotatable bonds is 4. The van der Waals surface area contributed by atoms with Crippen molar-refractivity contribution in [3.63, 3.8) is 0 Å². The average molecular weight is 288 g/mol. The van der Waals surface area contributed by atoms with Crippen molar-refractivity contribution in [3.05, 3.63) is 42.5 Å². The Morgan fingerprint density at radius 1 is 1.48 bits per heavy atom. The highest BCUT2D eigenvalue weighted by molar-refractivity contribution is 5.94. The summed E-state index contributed by atoms with van der Waals surface area (Å²) in [7, 11) is 0. The third kappa shape index (κ3) is 3.64. The summed E-state index contributed by atoms with van der Waals surface area (Å²) in [5.41, 5.74) is 6.76. The number of piperidine rings is 1. The molecule has 1 saturated heterocycles. The fraction of sp³-hybridized carbons (Fsp3) is 0.471. The van der Waals surface area contributed by atoms with Crippen LogP contribution < -0.4 is 10.5 Å². The maximum Gasteiger partial charge on any atom is 0.253 e. The zero-order valence-corrected chi connectivity index (χ0v) is 12.8. The van der Waals surface area contributed by atoms with Crippen molar-refractivity contribution >= 4 is 5.91 Å². The molecule has 0 radical (unpaired) electrons. The third-order valence-electron chi connectivity index (χ3n) is 4.07. The first-order valence-electron chi connectivity index (χ1n) is 7.32. The van der Waals surface area contributed by atoms with E-state index >= 15 is 0 Å². The quantitative estimate of drug-likeness (QED) is 0.866. The van der Waals surface area contributed by atoms with Crippen LogP contribution in [0.3, 0.4) is 0 Å². The van der Waals surface area contributed by atoms with E-state index in [0.717, 1.165) is 18.7 Å². The standard InChI is InChI=1S/C17H24N2O2/c1-4-11-21-14-7-5-13(6-8-14)16(20)19-10-9-15(18)17(2,3)12-19/h4-8,15H,1,9-12,18H2,2-3H3. The molecule has 1 aromatic carbocycles. The predicted octanol–water partition coefficient (Wildman–Crippen LogP) is 2.45. The molecule has 1 aromatic rings. The summed E-state index contributed by atoms with van der Waals surface area (Å²) in [6, 6.07) is 7.40. The topological polar surface area (TPSA) is 55.6 Å². The molecule has 1 aliphatic rings. The van der Waals surface area contributed by atoms with Gasteiger partial charge in [-0.15, -0.1) is 0 Å².